The molecule has 0 heterocycles. The smallest absolute Gasteiger partial charge is 0.306 e. The van der Waals surface area contributed by atoms with Crippen LogP contribution in [0.2, 0.25) is 0 Å². The van der Waals surface area contributed by atoms with Gasteiger partial charge in [-0.1, -0.05) is 226 Å². The molecule has 0 fully saturated rings. The Morgan fingerprint density at radius 3 is 1.03 bits per heavy atom. The van der Waals surface area contributed by atoms with Crippen molar-refractivity contribution in [2.45, 2.75) is 232 Å². The van der Waals surface area contributed by atoms with Crippen LogP contribution in [0.1, 0.15) is 226 Å². The molecule has 0 radical (unpaired) electrons. The fourth-order valence-electron chi connectivity index (χ4n) is 6.89. The molecule has 6 heteroatoms. The van der Waals surface area contributed by atoms with Gasteiger partial charge >= 0.3 is 17.9 Å². The van der Waals surface area contributed by atoms with Crippen LogP contribution in [0.5, 0.6) is 0 Å². The molecule has 0 aliphatic carbocycles. The van der Waals surface area contributed by atoms with Gasteiger partial charge in [-0.25, -0.2) is 0 Å². The minimum absolute atomic E-state index is 0.111. The van der Waals surface area contributed by atoms with Gasteiger partial charge in [0.25, 0.3) is 0 Å². The van der Waals surface area contributed by atoms with Crippen molar-refractivity contribution < 1.29 is 28.6 Å². The Labute approximate surface area is 400 Å². The Morgan fingerprint density at radius 2 is 0.631 bits per heavy atom. The third-order valence-corrected chi connectivity index (χ3v) is 10.8. The molecule has 6 nitrogen and oxygen atoms in total. The van der Waals surface area contributed by atoms with Gasteiger partial charge in [0.05, 0.1) is 0 Å². The van der Waals surface area contributed by atoms with E-state index in [2.05, 4.69) is 118 Å². The van der Waals surface area contributed by atoms with Crippen LogP contribution in [0.4, 0.5) is 0 Å². The standard InChI is InChI=1S/C59H96O6/c1-4-7-10-13-16-19-22-25-28-29-30-31-32-35-37-40-43-46-49-52-58(61)64-55-56(65-59(62)53-50-47-44-41-38-34-27-24-21-18-15-12-9-6-3)54-63-57(60)51-48-45-42-39-36-33-26-23-20-17-14-11-8-5-2/h7,9-10,12,16,18-19,21,25,27-28,30-31,34-35,37,43,46,56H,4-6,8,11,13-15,17,20,22-24,26,29,32-33,36,38-42,44-45,47-55H2,1-3H3/b10-7-,12-9-,19-16-,21-18-,28-25-,31-30-,34-27-,37-35-,46-43-. The van der Waals surface area contributed by atoms with Crippen molar-refractivity contribution in [1.29, 1.82) is 0 Å². The molecule has 0 aliphatic rings. The molecule has 368 valence electrons. The zero-order valence-electron chi connectivity index (χ0n) is 42.0. The lowest BCUT2D eigenvalue weighted by molar-refractivity contribution is -0.166. The van der Waals surface area contributed by atoms with E-state index in [1.807, 2.05) is 12.2 Å². The summed E-state index contributed by atoms with van der Waals surface area (Å²) >= 11 is 0. The van der Waals surface area contributed by atoms with Gasteiger partial charge < -0.3 is 14.2 Å². The molecule has 1 atom stereocenters. The molecular formula is C59H96O6. The van der Waals surface area contributed by atoms with Crippen LogP contribution in [-0.2, 0) is 28.6 Å². The zero-order valence-corrected chi connectivity index (χ0v) is 42.0. The highest BCUT2D eigenvalue weighted by molar-refractivity contribution is 5.71. The number of ether oxygens (including phenoxy) is 3. The van der Waals surface area contributed by atoms with E-state index in [-0.39, 0.29) is 44.0 Å². The lowest BCUT2D eigenvalue weighted by atomic mass is 10.0. The second-order valence-corrected chi connectivity index (χ2v) is 17.0. The zero-order chi connectivity index (χ0) is 47.2. The first-order valence-corrected chi connectivity index (χ1v) is 26.4. The second-order valence-electron chi connectivity index (χ2n) is 17.0. The molecule has 0 spiro atoms. The third kappa shape index (κ3) is 50.9. The van der Waals surface area contributed by atoms with Crippen molar-refractivity contribution in [2.75, 3.05) is 13.2 Å². The van der Waals surface area contributed by atoms with E-state index in [0.29, 0.717) is 12.8 Å². The summed E-state index contributed by atoms with van der Waals surface area (Å²) in [5.74, 6) is -1.02. The van der Waals surface area contributed by atoms with E-state index in [1.165, 1.54) is 70.6 Å². The summed E-state index contributed by atoms with van der Waals surface area (Å²) in [6.45, 7) is 6.32. The summed E-state index contributed by atoms with van der Waals surface area (Å²) < 4.78 is 16.7. The fourth-order valence-corrected chi connectivity index (χ4v) is 6.89. The molecule has 0 bridgehead atoms. The Hall–Kier alpha value is -3.93. The van der Waals surface area contributed by atoms with Crippen molar-refractivity contribution >= 4 is 17.9 Å². The normalized spacial score (nSPS) is 13.0. The predicted molar refractivity (Wildman–Crippen MR) is 279 cm³/mol. The monoisotopic (exact) mass is 901 g/mol. The lowest BCUT2D eigenvalue weighted by Gasteiger charge is -2.18. The minimum Gasteiger partial charge on any atom is -0.462 e. The summed E-state index contributed by atoms with van der Waals surface area (Å²) in [6.07, 6.45) is 70.8. The average Bonchev–Trinajstić information content (AvgIpc) is 3.30. The Bertz CT molecular complexity index is 1360. The molecule has 0 saturated carbocycles. The molecule has 0 aromatic carbocycles. The van der Waals surface area contributed by atoms with Gasteiger partial charge in [0, 0.05) is 19.3 Å². The van der Waals surface area contributed by atoms with Crippen LogP contribution in [0, 0.1) is 0 Å². The number of hydrogen-bond donors (Lipinski definition) is 0. The van der Waals surface area contributed by atoms with Crippen molar-refractivity contribution in [3.05, 3.63) is 109 Å². The highest BCUT2D eigenvalue weighted by atomic mass is 16.6. The van der Waals surface area contributed by atoms with Crippen LogP contribution in [0.25, 0.3) is 0 Å². The van der Waals surface area contributed by atoms with Crippen molar-refractivity contribution in [2.24, 2.45) is 0 Å². The average molecular weight is 901 g/mol. The molecular weight excluding hydrogens is 805 g/mol. The first-order chi connectivity index (χ1) is 32.0. The lowest BCUT2D eigenvalue weighted by Crippen LogP contribution is -2.30. The van der Waals surface area contributed by atoms with Gasteiger partial charge in [-0.05, 0) is 89.9 Å². The number of unbranched alkanes of at least 4 members (excludes halogenated alkanes) is 17. The van der Waals surface area contributed by atoms with Gasteiger partial charge in [0.15, 0.2) is 6.10 Å². The van der Waals surface area contributed by atoms with Gasteiger partial charge in [-0.2, -0.15) is 0 Å². The van der Waals surface area contributed by atoms with Crippen molar-refractivity contribution in [3.8, 4) is 0 Å². The molecule has 0 aliphatic heterocycles. The summed E-state index contributed by atoms with van der Waals surface area (Å²) in [7, 11) is 0. The van der Waals surface area contributed by atoms with Gasteiger partial charge in [-0.15, -0.1) is 0 Å². The van der Waals surface area contributed by atoms with E-state index in [0.717, 1.165) is 109 Å². The van der Waals surface area contributed by atoms with Crippen molar-refractivity contribution in [3.63, 3.8) is 0 Å². The molecule has 0 aromatic rings. The van der Waals surface area contributed by atoms with E-state index in [1.54, 1.807) is 0 Å². The number of allylic oxidation sites excluding steroid dienone is 18. The van der Waals surface area contributed by atoms with Crippen LogP contribution < -0.4 is 0 Å². The van der Waals surface area contributed by atoms with E-state index in [4.69, 9.17) is 14.2 Å². The Morgan fingerprint density at radius 1 is 0.323 bits per heavy atom. The van der Waals surface area contributed by atoms with Gasteiger partial charge in [0.2, 0.25) is 0 Å². The number of esters is 3. The maximum atomic E-state index is 12.8. The molecule has 0 saturated heterocycles. The Balaban J connectivity index is 4.53. The predicted octanol–water partition coefficient (Wildman–Crippen LogP) is 17.5. The second kappa shape index (κ2) is 52.7. The van der Waals surface area contributed by atoms with Gasteiger partial charge in [0.1, 0.15) is 13.2 Å². The molecule has 0 rings (SSSR count). The third-order valence-electron chi connectivity index (χ3n) is 10.8. The quantitative estimate of drug-likeness (QED) is 0.0262. The number of carbonyl (C=O) groups excluding carboxylic acids is 3. The molecule has 65 heavy (non-hydrogen) atoms. The van der Waals surface area contributed by atoms with Crippen LogP contribution in [-0.4, -0.2) is 37.2 Å². The first kappa shape index (κ1) is 61.1. The molecule has 0 amide bonds. The number of carbonyl (C=O) groups is 3. The Kier molecular flexibility index (Phi) is 49.5. The molecule has 0 N–H and O–H groups in total. The summed E-state index contributed by atoms with van der Waals surface area (Å²) in [4.78, 5) is 38.0. The maximum absolute atomic E-state index is 12.8. The highest BCUT2D eigenvalue weighted by Crippen LogP contribution is 2.14. The maximum Gasteiger partial charge on any atom is 0.306 e. The fraction of sp³-hybridized carbons (Fsp3) is 0.644. The van der Waals surface area contributed by atoms with Crippen LogP contribution in [0.15, 0.2) is 109 Å². The molecule has 1 unspecified atom stereocenters. The SMILES string of the molecule is CC/C=C\C/C=C\C/C=C\C/C=C\C/C=C\C/C=C\CCC(=O)OCC(COC(=O)CCCCCCCCCCCCCCCC)OC(=O)CCCCCC/C=C\C/C=C\C/C=C\CC. The summed E-state index contributed by atoms with van der Waals surface area (Å²) in [5.41, 5.74) is 0. The van der Waals surface area contributed by atoms with Crippen LogP contribution >= 0.6 is 0 Å². The summed E-state index contributed by atoms with van der Waals surface area (Å²) in [5, 5.41) is 0. The van der Waals surface area contributed by atoms with Crippen molar-refractivity contribution in [1.82, 2.24) is 0 Å². The topological polar surface area (TPSA) is 78.9 Å². The van der Waals surface area contributed by atoms with Gasteiger partial charge in [-0.3, -0.25) is 14.4 Å². The number of rotatable bonds is 46. The highest BCUT2D eigenvalue weighted by Gasteiger charge is 2.19. The van der Waals surface area contributed by atoms with Crippen LogP contribution in [0.3, 0.4) is 0 Å². The van der Waals surface area contributed by atoms with E-state index < -0.39 is 6.10 Å². The minimum atomic E-state index is -0.820. The largest absolute Gasteiger partial charge is 0.462 e. The molecule has 0 aromatic heterocycles. The number of hydrogen-bond acceptors (Lipinski definition) is 6. The van der Waals surface area contributed by atoms with E-state index in [9.17, 15) is 14.4 Å². The summed E-state index contributed by atoms with van der Waals surface area (Å²) in [6, 6.07) is 0. The van der Waals surface area contributed by atoms with E-state index >= 15 is 0 Å². The first-order valence-electron chi connectivity index (χ1n) is 26.4.